The molecule has 6 nitrogen and oxygen atoms in total. The highest BCUT2D eigenvalue weighted by Gasteiger charge is 2.29. The lowest BCUT2D eigenvalue weighted by Gasteiger charge is -2.19. The molecule has 1 heterocycles. The number of nitrogens with two attached hydrogens (primary N) is 1. The van der Waals surface area contributed by atoms with Crippen molar-refractivity contribution >= 4 is 5.91 Å². The molecule has 3 aromatic rings. The molecular weight excluding hydrogens is 364 g/mol. The Bertz CT molecular complexity index is 984. The van der Waals surface area contributed by atoms with Crippen LogP contribution in [0.15, 0.2) is 60.8 Å². The first-order valence-electron chi connectivity index (χ1n) is 10.0. The Morgan fingerprint density at radius 1 is 1.17 bits per heavy atom. The number of amides is 1. The molecule has 0 bridgehead atoms. The average molecular weight is 390 g/mol. The topological polar surface area (TPSA) is 82.2 Å². The molecule has 1 saturated carbocycles. The van der Waals surface area contributed by atoms with Gasteiger partial charge in [0.05, 0.1) is 18.4 Å². The average Bonchev–Trinajstić information content (AvgIpc) is 3.41. The summed E-state index contributed by atoms with van der Waals surface area (Å²) in [7, 11) is 1.62. The van der Waals surface area contributed by atoms with Gasteiger partial charge < -0.3 is 15.8 Å². The van der Waals surface area contributed by atoms with E-state index >= 15 is 0 Å². The number of para-hydroxylation sites is 2. The summed E-state index contributed by atoms with van der Waals surface area (Å²) in [5.41, 5.74) is 8.71. The minimum absolute atomic E-state index is 0.109. The number of aromatic nitrogens is 2. The van der Waals surface area contributed by atoms with E-state index in [2.05, 4.69) is 5.32 Å². The molecule has 3 N–H and O–H groups in total. The molecule has 0 saturated heterocycles. The van der Waals surface area contributed by atoms with Gasteiger partial charge in [0, 0.05) is 17.8 Å². The normalized spacial score (nSPS) is 18.6. The van der Waals surface area contributed by atoms with Crippen LogP contribution in [0, 0.1) is 5.92 Å². The van der Waals surface area contributed by atoms with Crippen LogP contribution in [0.3, 0.4) is 0 Å². The van der Waals surface area contributed by atoms with Gasteiger partial charge in [0.2, 0.25) is 0 Å². The van der Waals surface area contributed by atoms with Gasteiger partial charge in [-0.2, -0.15) is 5.10 Å². The molecule has 1 aromatic heterocycles. The van der Waals surface area contributed by atoms with Gasteiger partial charge >= 0.3 is 0 Å². The maximum Gasteiger partial charge on any atom is 0.255 e. The standard InChI is InChI=1S/C23H26N4O2/c1-29-21-13-6-5-11-18(21)22-19(15-27(26-22)17-9-3-2-4-10-17)23(28)25-20-12-7-8-16(20)14-24/h2-6,9-11,13,15-16,20H,7-8,12,14,24H2,1H3,(H,25,28). The molecule has 0 aliphatic heterocycles. The molecule has 4 rings (SSSR count). The summed E-state index contributed by atoms with van der Waals surface area (Å²) in [5, 5.41) is 7.94. The monoisotopic (exact) mass is 390 g/mol. The second-order valence-electron chi connectivity index (χ2n) is 7.38. The van der Waals surface area contributed by atoms with Crippen LogP contribution in [0.5, 0.6) is 5.75 Å². The van der Waals surface area contributed by atoms with E-state index in [0.29, 0.717) is 29.5 Å². The number of benzene rings is 2. The number of nitrogens with zero attached hydrogens (tertiary/aromatic N) is 2. The minimum Gasteiger partial charge on any atom is -0.496 e. The van der Waals surface area contributed by atoms with Crippen LogP contribution in [-0.4, -0.2) is 35.4 Å². The minimum atomic E-state index is -0.126. The van der Waals surface area contributed by atoms with Gasteiger partial charge in [-0.1, -0.05) is 36.8 Å². The van der Waals surface area contributed by atoms with E-state index < -0.39 is 0 Å². The molecular formula is C23H26N4O2. The zero-order valence-electron chi connectivity index (χ0n) is 16.5. The molecule has 29 heavy (non-hydrogen) atoms. The molecule has 1 aliphatic rings. The third-order valence-electron chi connectivity index (χ3n) is 5.62. The molecule has 1 aliphatic carbocycles. The van der Waals surface area contributed by atoms with Gasteiger partial charge in [-0.3, -0.25) is 4.79 Å². The second kappa shape index (κ2) is 8.49. The Morgan fingerprint density at radius 2 is 1.93 bits per heavy atom. The van der Waals surface area contributed by atoms with E-state index in [1.807, 2.05) is 54.6 Å². The SMILES string of the molecule is COc1ccccc1-c1nn(-c2ccccc2)cc1C(=O)NC1CCCC1CN. The number of hydrogen-bond acceptors (Lipinski definition) is 4. The van der Waals surface area contributed by atoms with Gasteiger partial charge in [-0.15, -0.1) is 0 Å². The fourth-order valence-electron chi connectivity index (χ4n) is 4.05. The van der Waals surface area contributed by atoms with Crippen molar-refractivity contribution in [2.75, 3.05) is 13.7 Å². The van der Waals surface area contributed by atoms with E-state index in [-0.39, 0.29) is 11.9 Å². The highest BCUT2D eigenvalue weighted by molar-refractivity contribution is 6.00. The lowest BCUT2D eigenvalue weighted by Crippen LogP contribution is -2.39. The Kier molecular flexibility index (Phi) is 5.62. The first-order valence-corrected chi connectivity index (χ1v) is 10.0. The van der Waals surface area contributed by atoms with E-state index in [1.165, 1.54) is 0 Å². The van der Waals surface area contributed by atoms with Crippen molar-refractivity contribution in [3.05, 3.63) is 66.4 Å². The zero-order valence-corrected chi connectivity index (χ0v) is 16.5. The highest BCUT2D eigenvalue weighted by atomic mass is 16.5. The van der Waals surface area contributed by atoms with Crippen LogP contribution in [-0.2, 0) is 0 Å². The van der Waals surface area contributed by atoms with E-state index in [1.54, 1.807) is 18.0 Å². The van der Waals surface area contributed by atoms with Crippen molar-refractivity contribution in [2.45, 2.75) is 25.3 Å². The second-order valence-corrected chi connectivity index (χ2v) is 7.38. The third kappa shape index (κ3) is 3.89. The number of rotatable bonds is 6. The van der Waals surface area contributed by atoms with Crippen LogP contribution in [0.2, 0.25) is 0 Å². The molecule has 1 fully saturated rings. The molecule has 2 unspecified atom stereocenters. The summed E-state index contributed by atoms with van der Waals surface area (Å²) in [6, 6.07) is 17.5. The largest absolute Gasteiger partial charge is 0.496 e. The van der Waals surface area contributed by atoms with Crippen molar-refractivity contribution in [3.63, 3.8) is 0 Å². The van der Waals surface area contributed by atoms with Crippen molar-refractivity contribution in [2.24, 2.45) is 11.7 Å². The van der Waals surface area contributed by atoms with Crippen LogP contribution in [0.4, 0.5) is 0 Å². The van der Waals surface area contributed by atoms with Gasteiger partial charge in [0.15, 0.2) is 0 Å². The number of nitrogens with one attached hydrogen (secondary N) is 1. The lowest BCUT2D eigenvalue weighted by molar-refractivity contribution is 0.0929. The van der Waals surface area contributed by atoms with E-state index in [4.69, 9.17) is 15.6 Å². The summed E-state index contributed by atoms with van der Waals surface area (Å²) in [4.78, 5) is 13.3. The summed E-state index contributed by atoms with van der Waals surface area (Å²) >= 11 is 0. The smallest absolute Gasteiger partial charge is 0.255 e. The van der Waals surface area contributed by atoms with E-state index in [0.717, 1.165) is 30.5 Å². The number of methoxy groups -OCH3 is 1. The summed E-state index contributed by atoms with van der Waals surface area (Å²) in [5.74, 6) is 0.886. The molecule has 0 radical (unpaired) electrons. The van der Waals surface area contributed by atoms with Crippen LogP contribution < -0.4 is 15.8 Å². The maximum absolute atomic E-state index is 13.3. The number of carbonyl (C=O) groups excluding carboxylic acids is 1. The Hall–Kier alpha value is -3.12. The van der Waals surface area contributed by atoms with Crippen LogP contribution in [0.1, 0.15) is 29.6 Å². The zero-order chi connectivity index (χ0) is 20.2. The van der Waals surface area contributed by atoms with Crippen LogP contribution in [0.25, 0.3) is 16.9 Å². The van der Waals surface area contributed by atoms with Crippen molar-refractivity contribution in [1.29, 1.82) is 0 Å². The third-order valence-corrected chi connectivity index (χ3v) is 5.62. The van der Waals surface area contributed by atoms with Gasteiger partial charge in [-0.25, -0.2) is 4.68 Å². The molecule has 150 valence electrons. The Labute approximate surface area is 170 Å². The summed E-state index contributed by atoms with van der Waals surface area (Å²) in [6.45, 7) is 0.591. The molecule has 2 atom stereocenters. The Balaban J connectivity index is 1.75. The van der Waals surface area contributed by atoms with Gasteiger partial charge in [0.25, 0.3) is 5.91 Å². The first kappa shape index (κ1) is 19.2. The first-order chi connectivity index (χ1) is 14.2. The number of ether oxygens (including phenoxy) is 1. The number of hydrogen-bond donors (Lipinski definition) is 2. The van der Waals surface area contributed by atoms with Gasteiger partial charge in [-0.05, 0) is 49.6 Å². The summed E-state index contributed by atoms with van der Waals surface area (Å²) < 4.78 is 7.26. The molecule has 0 spiro atoms. The Morgan fingerprint density at radius 3 is 2.69 bits per heavy atom. The highest BCUT2D eigenvalue weighted by Crippen LogP contribution is 2.32. The van der Waals surface area contributed by atoms with Crippen molar-refractivity contribution in [3.8, 4) is 22.7 Å². The fourth-order valence-corrected chi connectivity index (χ4v) is 4.05. The maximum atomic E-state index is 13.3. The van der Waals surface area contributed by atoms with Gasteiger partial charge in [0.1, 0.15) is 11.4 Å². The quantitative estimate of drug-likeness (QED) is 0.676. The molecule has 2 aromatic carbocycles. The summed E-state index contributed by atoms with van der Waals surface area (Å²) in [6.07, 6.45) is 4.91. The molecule has 6 heteroatoms. The fraction of sp³-hybridized carbons (Fsp3) is 0.304. The molecule has 1 amide bonds. The predicted molar refractivity (Wildman–Crippen MR) is 113 cm³/mol. The van der Waals surface area contributed by atoms with Crippen molar-refractivity contribution < 1.29 is 9.53 Å². The van der Waals surface area contributed by atoms with E-state index in [9.17, 15) is 4.79 Å². The number of carbonyl (C=O) groups is 1. The van der Waals surface area contributed by atoms with Crippen molar-refractivity contribution in [1.82, 2.24) is 15.1 Å². The van der Waals surface area contributed by atoms with Crippen LogP contribution >= 0.6 is 0 Å². The predicted octanol–water partition coefficient (Wildman–Crippen LogP) is 3.41. The lowest BCUT2D eigenvalue weighted by atomic mass is 10.0.